The van der Waals surface area contributed by atoms with E-state index in [1.165, 1.54) is 23.5 Å². The minimum Gasteiger partial charge on any atom is -0.373 e. The lowest BCUT2D eigenvalue weighted by Crippen LogP contribution is -2.21. The second-order valence-electron chi connectivity index (χ2n) is 5.59. The number of hydrogen-bond donors (Lipinski definition) is 1. The van der Waals surface area contributed by atoms with Crippen LogP contribution in [0.1, 0.15) is 5.56 Å². The number of thiophene rings is 1. The summed E-state index contributed by atoms with van der Waals surface area (Å²) in [4.78, 5) is 11.7. The fourth-order valence-corrected chi connectivity index (χ4v) is 4.15. The molecule has 0 saturated heterocycles. The molecule has 1 N–H and O–H groups in total. The van der Waals surface area contributed by atoms with E-state index in [1.54, 1.807) is 6.34 Å². The molecule has 0 atom stereocenters. The van der Waals surface area contributed by atoms with E-state index < -0.39 is 11.6 Å². The number of aliphatic imine (C=N–C) groups is 1. The van der Waals surface area contributed by atoms with Crippen molar-refractivity contribution >= 4 is 39.4 Å². The number of hydrogen-bond acceptors (Lipinski definition) is 5. The van der Waals surface area contributed by atoms with Gasteiger partial charge in [-0.25, -0.2) is 13.8 Å². The molecule has 1 aliphatic rings. The highest BCUT2D eigenvalue weighted by Gasteiger charge is 2.22. The first-order valence-corrected chi connectivity index (χ1v) is 8.22. The summed E-state index contributed by atoms with van der Waals surface area (Å²) < 4.78 is 28.1. The topological polar surface area (TPSA) is 40.5 Å². The van der Waals surface area contributed by atoms with Crippen LogP contribution in [-0.2, 0) is 6.54 Å². The van der Waals surface area contributed by atoms with Gasteiger partial charge in [0.1, 0.15) is 17.5 Å². The van der Waals surface area contributed by atoms with Gasteiger partial charge in [-0.3, -0.25) is 4.99 Å². The zero-order chi connectivity index (χ0) is 16.8. The summed E-state index contributed by atoms with van der Waals surface area (Å²) in [6, 6.07) is 5.42. The highest BCUT2D eigenvalue weighted by molar-refractivity contribution is 7.22. The molecule has 7 heteroatoms. The van der Waals surface area contributed by atoms with E-state index in [9.17, 15) is 8.78 Å². The molecule has 1 aromatic carbocycles. The third kappa shape index (κ3) is 2.32. The van der Waals surface area contributed by atoms with Crippen molar-refractivity contribution in [3.63, 3.8) is 0 Å². The Kier molecular flexibility index (Phi) is 3.45. The molecule has 0 amide bonds. The summed E-state index contributed by atoms with van der Waals surface area (Å²) >= 11 is 1.48. The van der Waals surface area contributed by atoms with Crippen LogP contribution in [-0.4, -0.2) is 25.4 Å². The third-order valence-corrected chi connectivity index (χ3v) is 5.15. The molecule has 3 aromatic rings. The molecular formula is C17H14F2N4S. The highest BCUT2D eigenvalue weighted by atomic mass is 32.1. The van der Waals surface area contributed by atoms with Gasteiger partial charge in [0.05, 0.1) is 28.8 Å². The van der Waals surface area contributed by atoms with Crippen molar-refractivity contribution in [2.24, 2.45) is 4.99 Å². The van der Waals surface area contributed by atoms with Gasteiger partial charge >= 0.3 is 0 Å². The molecule has 0 spiro atoms. The smallest absolute Gasteiger partial charge is 0.133 e. The highest BCUT2D eigenvalue weighted by Crippen LogP contribution is 2.42. The Hall–Kier alpha value is -2.54. The maximum Gasteiger partial charge on any atom is 0.133 e. The van der Waals surface area contributed by atoms with Crippen LogP contribution in [0.4, 0.5) is 20.3 Å². The van der Waals surface area contributed by atoms with Crippen LogP contribution < -0.4 is 10.2 Å². The van der Waals surface area contributed by atoms with Crippen molar-refractivity contribution in [3.8, 4) is 10.4 Å². The normalized spacial score (nSPS) is 13.4. The molecule has 0 unspecified atom stereocenters. The van der Waals surface area contributed by atoms with Gasteiger partial charge in [0, 0.05) is 30.6 Å². The predicted octanol–water partition coefficient (Wildman–Crippen LogP) is 4.26. The van der Waals surface area contributed by atoms with Gasteiger partial charge in [0.15, 0.2) is 0 Å². The van der Waals surface area contributed by atoms with Gasteiger partial charge in [0.2, 0.25) is 0 Å². The number of halogens is 2. The maximum absolute atomic E-state index is 13.5. The predicted molar refractivity (Wildman–Crippen MR) is 95.1 cm³/mol. The zero-order valence-corrected chi connectivity index (χ0v) is 13.9. The van der Waals surface area contributed by atoms with Crippen molar-refractivity contribution in [1.29, 1.82) is 0 Å². The SMILES string of the molecule is CNc1nc2cc(-c3cc(F)cc(F)c3)sc2c2c1CN=CN2C. The van der Waals surface area contributed by atoms with E-state index in [0.717, 1.165) is 38.2 Å². The minimum absolute atomic E-state index is 0.516. The summed E-state index contributed by atoms with van der Waals surface area (Å²) in [6.07, 6.45) is 1.78. The van der Waals surface area contributed by atoms with Crippen molar-refractivity contribution < 1.29 is 8.78 Å². The summed E-state index contributed by atoms with van der Waals surface area (Å²) in [5.41, 5.74) is 3.37. The number of nitrogens with zero attached hydrogens (tertiary/aromatic N) is 3. The first-order chi connectivity index (χ1) is 11.6. The summed E-state index contributed by atoms with van der Waals surface area (Å²) in [7, 11) is 3.75. The molecule has 1 aliphatic heterocycles. The molecule has 0 fully saturated rings. The average Bonchev–Trinajstić information content (AvgIpc) is 2.97. The van der Waals surface area contributed by atoms with Crippen LogP contribution in [0.25, 0.3) is 20.7 Å². The van der Waals surface area contributed by atoms with E-state index in [-0.39, 0.29) is 0 Å². The second-order valence-corrected chi connectivity index (χ2v) is 6.64. The molecule has 4 nitrogen and oxygen atoms in total. The molecule has 0 aliphatic carbocycles. The number of aromatic nitrogens is 1. The van der Waals surface area contributed by atoms with Crippen molar-refractivity contribution in [2.45, 2.75) is 6.54 Å². The summed E-state index contributed by atoms with van der Waals surface area (Å²) in [6.45, 7) is 0.556. The Morgan fingerprint density at radius 1 is 1.17 bits per heavy atom. The average molecular weight is 344 g/mol. The quantitative estimate of drug-likeness (QED) is 0.755. The fourth-order valence-electron chi connectivity index (χ4n) is 2.95. The van der Waals surface area contributed by atoms with E-state index in [0.29, 0.717) is 12.1 Å². The van der Waals surface area contributed by atoms with Crippen LogP contribution in [0, 0.1) is 11.6 Å². The molecule has 0 bridgehead atoms. The third-order valence-electron chi connectivity index (χ3n) is 3.97. The van der Waals surface area contributed by atoms with Gasteiger partial charge in [-0.05, 0) is 23.8 Å². The van der Waals surface area contributed by atoms with E-state index in [2.05, 4.69) is 15.3 Å². The van der Waals surface area contributed by atoms with Crippen molar-refractivity contribution in [1.82, 2.24) is 4.98 Å². The zero-order valence-electron chi connectivity index (χ0n) is 13.1. The minimum atomic E-state index is -0.586. The van der Waals surface area contributed by atoms with Crippen LogP contribution >= 0.6 is 11.3 Å². The molecule has 3 heterocycles. The van der Waals surface area contributed by atoms with Crippen LogP contribution in [0.3, 0.4) is 0 Å². The van der Waals surface area contributed by atoms with E-state index in [1.807, 2.05) is 25.1 Å². The van der Waals surface area contributed by atoms with Gasteiger partial charge in [-0.2, -0.15) is 0 Å². The van der Waals surface area contributed by atoms with Crippen LogP contribution in [0.2, 0.25) is 0 Å². The largest absolute Gasteiger partial charge is 0.373 e. The Balaban J connectivity index is 1.97. The van der Waals surface area contributed by atoms with Gasteiger partial charge < -0.3 is 10.2 Å². The Morgan fingerprint density at radius 3 is 2.62 bits per heavy atom. The van der Waals surface area contributed by atoms with E-state index >= 15 is 0 Å². The number of pyridine rings is 1. The maximum atomic E-state index is 13.5. The molecule has 122 valence electrons. The Morgan fingerprint density at radius 2 is 1.92 bits per heavy atom. The molecule has 2 aromatic heterocycles. The van der Waals surface area contributed by atoms with E-state index in [4.69, 9.17) is 0 Å². The standard InChI is InChI=1S/C17H14F2N4S/c1-20-17-12-7-21-8-23(2)15(12)16-13(22-17)6-14(24-16)9-3-10(18)5-11(19)4-9/h3-6,8H,7H2,1-2H3,(H,20,22). The Labute approximate surface area is 141 Å². The van der Waals surface area contributed by atoms with Crippen LogP contribution in [0.15, 0.2) is 29.3 Å². The lowest BCUT2D eigenvalue weighted by molar-refractivity contribution is 0.584. The molecular weight excluding hydrogens is 330 g/mol. The van der Waals surface area contributed by atoms with Crippen molar-refractivity contribution in [2.75, 3.05) is 24.3 Å². The first kappa shape index (κ1) is 15.0. The monoisotopic (exact) mass is 344 g/mol. The van der Waals surface area contributed by atoms with Gasteiger partial charge in [-0.1, -0.05) is 0 Å². The summed E-state index contributed by atoms with van der Waals surface area (Å²) in [5, 5.41) is 3.11. The van der Waals surface area contributed by atoms with Crippen LogP contribution in [0.5, 0.6) is 0 Å². The molecule has 0 radical (unpaired) electrons. The number of benzene rings is 1. The number of fused-ring (bicyclic) bond motifs is 3. The lowest BCUT2D eigenvalue weighted by Gasteiger charge is -2.23. The summed E-state index contributed by atoms with van der Waals surface area (Å²) in [5.74, 6) is -0.397. The number of rotatable bonds is 2. The fraction of sp³-hybridized carbons (Fsp3) is 0.176. The Bertz CT molecular complexity index is 960. The molecule has 0 saturated carbocycles. The van der Waals surface area contributed by atoms with Gasteiger partial charge in [0.25, 0.3) is 0 Å². The second kappa shape index (κ2) is 5.52. The molecule has 24 heavy (non-hydrogen) atoms. The van der Waals surface area contributed by atoms with Crippen molar-refractivity contribution in [3.05, 3.63) is 41.5 Å². The number of anilines is 2. The van der Waals surface area contributed by atoms with Gasteiger partial charge in [-0.15, -0.1) is 11.3 Å². The number of nitrogens with one attached hydrogen (secondary N) is 1. The first-order valence-electron chi connectivity index (χ1n) is 7.40. The molecule has 4 rings (SSSR count). The lowest BCUT2D eigenvalue weighted by atomic mass is 10.1.